The number of hydrogen-bond donors (Lipinski definition) is 2. The largest absolute Gasteiger partial charge is 0.497 e. The summed E-state index contributed by atoms with van der Waals surface area (Å²) in [4.78, 5) is -0.483. The molecule has 0 saturated heterocycles. The van der Waals surface area contributed by atoms with Crippen LogP contribution in [0.5, 0.6) is 11.5 Å². The van der Waals surface area contributed by atoms with Gasteiger partial charge in [-0.05, 0) is 36.6 Å². The second-order valence-electron chi connectivity index (χ2n) is 8.23. The molecule has 2 N–H and O–H groups in total. The van der Waals surface area contributed by atoms with E-state index in [1.54, 1.807) is 18.2 Å². The average molecular weight is 478 g/mol. The zero-order valence-electron chi connectivity index (χ0n) is 19.0. The summed E-state index contributed by atoms with van der Waals surface area (Å²) < 4.78 is 37.3. The fourth-order valence-corrected chi connectivity index (χ4v) is 3.95. The molecule has 32 heavy (non-hydrogen) atoms. The van der Waals surface area contributed by atoms with E-state index in [1.807, 2.05) is 33.8 Å². The number of allylic oxidation sites excluding steroid dienone is 1. The van der Waals surface area contributed by atoms with Crippen LogP contribution in [0.2, 0.25) is 5.02 Å². The third-order valence-electron chi connectivity index (χ3n) is 5.00. The zero-order chi connectivity index (χ0) is 24.1. The quantitative estimate of drug-likeness (QED) is 0.518. The summed E-state index contributed by atoms with van der Waals surface area (Å²) >= 11 is 5.90. The normalized spacial score (nSPS) is 13.4. The predicted octanol–water partition coefficient (Wildman–Crippen LogP) is 4.96. The molecule has 172 valence electrons. The number of ether oxygens (including phenoxy) is 2. The molecule has 1 unspecified atom stereocenters. The molecule has 0 aliphatic carbocycles. The van der Waals surface area contributed by atoms with Gasteiger partial charge in [0.15, 0.2) is 4.91 Å². The van der Waals surface area contributed by atoms with E-state index in [2.05, 4.69) is 10.6 Å². The summed E-state index contributed by atoms with van der Waals surface area (Å²) in [6, 6.07) is 12.4. The van der Waals surface area contributed by atoms with E-state index in [4.69, 9.17) is 21.1 Å². The first-order valence-corrected chi connectivity index (χ1v) is 11.7. The minimum atomic E-state index is -4.14. The molecule has 0 heterocycles. The first-order chi connectivity index (χ1) is 14.9. The molecule has 2 rings (SSSR count). The maximum atomic E-state index is 13.3. The molecule has 0 aliphatic rings. The lowest BCUT2D eigenvalue weighted by Gasteiger charge is -2.31. The zero-order valence-corrected chi connectivity index (χ0v) is 20.6. The second-order valence-corrected chi connectivity index (χ2v) is 10.6. The Bertz CT molecular complexity index is 1110. The Labute approximate surface area is 194 Å². The highest BCUT2D eigenvalue weighted by molar-refractivity contribution is 7.95. The number of benzene rings is 2. The molecule has 2 aromatic carbocycles. The predicted molar refractivity (Wildman–Crippen MR) is 126 cm³/mol. The van der Waals surface area contributed by atoms with E-state index in [0.29, 0.717) is 22.2 Å². The molecule has 0 spiro atoms. The molecule has 0 bridgehead atoms. The van der Waals surface area contributed by atoms with E-state index in [9.17, 15) is 13.7 Å². The van der Waals surface area contributed by atoms with Crippen LogP contribution in [0, 0.1) is 16.7 Å². The van der Waals surface area contributed by atoms with Gasteiger partial charge < -0.3 is 20.1 Å². The van der Waals surface area contributed by atoms with Gasteiger partial charge in [-0.1, -0.05) is 32.4 Å². The van der Waals surface area contributed by atoms with Gasteiger partial charge in [-0.2, -0.15) is 5.26 Å². The number of sulfone groups is 1. The van der Waals surface area contributed by atoms with E-state index >= 15 is 0 Å². The van der Waals surface area contributed by atoms with Crippen molar-refractivity contribution in [2.75, 3.05) is 19.5 Å². The summed E-state index contributed by atoms with van der Waals surface area (Å²) in [5.41, 5.74) is 0.271. The van der Waals surface area contributed by atoms with Crippen LogP contribution in [0.15, 0.2) is 58.1 Å². The van der Waals surface area contributed by atoms with Gasteiger partial charge in [0.2, 0.25) is 9.84 Å². The number of nitrogens with zero attached hydrogens (tertiary/aromatic N) is 1. The monoisotopic (exact) mass is 477 g/mol. The maximum Gasteiger partial charge on any atom is 0.220 e. The number of anilines is 1. The molecule has 1 atom stereocenters. The van der Waals surface area contributed by atoms with Crippen LogP contribution < -0.4 is 20.1 Å². The van der Waals surface area contributed by atoms with Gasteiger partial charge in [-0.3, -0.25) is 0 Å². The minimum Gasteiger partial charge on any atom is -0.497 e. The van der Waals surface area contributed by atoms with Gasteiger partial charge in [0.1, 0.15) is 23.4 Å². The second kappa shape index (κ2) is 10.2. The van der Waals surface area contributed by atoms with Crippen molar-refractivity contribution in [2.45, 2.75) is 38.6 Å². The molecule has 2 aromatic rings. The van der Waals surface area contributed by atoms with Crippen molar-refractivity contribution < 1.29 is 17.9 Å². The van der Waals surface area contributed by atoms with E-state index in [-0.39, 0.29) is 22.2 Å². The Hall–Kier alpha value is -2.89. The van der Waals surface area contributed by atoms with Gasteiger partial charge in [0.25, 0.3) is 0 Å². The highest BCUT2D eigenvalue weighted by Crippen LogP contribution is 2.29. The highest BCUT2D eigenvalue weighted by Gasteiger charge is 2.28. The molecule has 0 radical (unpaired) electrons. The number of methoxy groups -OCH3 is 2. The van der Waals surface area contributed by atoms with Crippen LogP contribution in [-0.4, -0.2) is 28.7 Å². The van der Waals surface area contributed by atoms with Gasteiger partial charge in [0.05, 0.1) is 19.1 Å². The fourth-order valence-electron chi connectivity index (χ4n) is 2.60. The van der Waals surface area contributed by atoms with Gasteiger partial charge in [-0.25, -0.2) is 8.42 Å². The molecule has 9 heteroatoms. The van der Waals surface area contributed by atoms with Crippen molar-refractivity contribution in [3.8, 4) is 17.6 Å². The lowest BCUT2D eigenvalue weighted by molar-refractivity contribution is 0.303. The third kappa shape index (κ3) is 6.09. The van der Waals surface area contributed by atoms with Crippen LogP contribution in [0.4, 0.5) is 5.69 Å². The molecule has 0 aliphatic heterocycles. The van der Waals surface area contributed by atoms with Crippen molar-refractivity contribution in [3.63, 3.8) is 0 Å². The standard InChI is InChI=1S/C23H28ClN3O4S/c1-15(23(2,3)4)26-22(27-17-11-18(30-5)13-19(12-17)31-6)21(14-25)32(28,29)20-9-7-16(24)8-10-20/h7-13,15,26-27H,1-6H3/b22-21+. The lowest BCUT2D eigenvalue weighted by atomic mass is 9.88. The molecular weight excluding hydrogens is 450 g/mol. The summed E-state index contributed by atoms with van der Waals surface area (Å²) in [5, 5.41) is 16.5. The van der Waals surface area contributed by atoms with Crippen molar-refractivity contribution in [2.24, 2.45) is 5.41 Å². The molecule has 0 amide bonds. The minimum absolute atomic E-state index is 0.0359. The van der Waals surface area contributed by atoms with Crippen LogP contribution in [0.25, 0.3) is 0 Å². The number of rotatable bonds is 8. The SMILES string of the molecule is COc1cc(N/C(NC(C)C(C)(C)C)=C(\C#N)S(=O)(=O)c2ccc(Cl)cc2)cc(OC)c1. The Morgan fingerprint density at radius 2 is 1.59 bits per heavy atom. The third-order valence-corrected chi connectivity index (χ3v) is 6.98. The van der Waals surface area contributed by atoms with Gasteiger partial charge in [-0.15, -0.1) is 0 Å². The van der Waals surface area contributed by atoms with Gasteiger partial charge in [0, 0.05) is 35.0 Å². The molecule has 0 saturated carbocycles. The molecule has 7 nitrogen and oxygen atoms in total. The number of nitriles is 1. The van der Waals surface area contributed by atoms with Crippen LogP contribution in [0.3, 0.4) is 0 Å². The van der Waals surface area contributed by atoms with Crippen molar-refractivity contribution in [1.82, 2.24) is 5.32 Å². The van der Waals surface area contributed by atoms with Crippen LogP contribution in [-0.2, 0) is 9.84 Å². The van der Waals surface area contributed by atoms with Crippen molar-refractivity contribution in [3.05, 3.63) is 58.2 Å². The molecule has 0 fully saturated rings. The van der Waals surface area contributed by atoms with E-state index in [0.717, 1.165) is 0 Å². The van der Waals surface area contributed by atoms with E-state index in [1.165, 1.54) is 38.5 Å². The smallest absolute Gasteiger partial charge is 0.220 e. The van der Waals surface area contributed by atoms with Crippen molar-refractivity contribution >= 4 is 27.1 Å². The number of hydrogen-bond acceptors (Lipinski definition) is 7. The Balaban J connectivity index is 2.67. The first-order valence-electron chi connectivity index (χ1n) is 9.84. The summed E-state index contributed by atoms with van der Waals surface area (Å²) in [5.74, 6) is 1.07. The fraction of sp³-hybridized carbons (Fsp3) is 0.348. The number of nitrogens with one attached hydrogen (secondary N) is 2. The maximum absolute atomic E-state index is 13.3. The summed E-state index contributed by atoms with van der Waals surface area (Å²) in [6.07, 6.45) is 0. The van der Waals surface area contributed by atoms with Gasteiger partial charge >= 0.3 is 0 Å². The van der Waals surface area contributed by atoms with Crippen molar-refractivity contribution in [1.29, 1.82) is 5.26 Å². The number of halogens is 1. The first kappa shape index (κ1) is 25.4. The van der Waals surface area contributed by atoms with Crippen LogP contribution >= 0.6 is 11.6 Å². The topological polar surface area (TPSA) is 100 Å². The Kier molecular flexibility index (Phi) is 8.05. The lowest BCUT2D eigenvalue weighted by Crippen LogP contribution is -2.40. The summed E-state index contributed by atoms with van der Waals surface area (Å²) in [6.45, 7) is 7.95. The highest BCUT2D eigenvalue weighted by atomic mass is 35.5. The molecule has 0 aromatic heterocycles. The Morgan fingerprint density at radius 3 is 2.03 bits per heavy atom. The molecular formula is C23H28ClN3O4S. The van der Waals surface area contributed by atoms with Crippen LogP contribution in [0.1, 0.15) is 27.7 Å². The Morgan fingerprint density at radius 1 is 1.06 bits per heavy atom. The average Bonchev–Trinajstić information content (AvgIpc) is 2.73. The summed E-state index contributed by atoms with van der Waals surface area (Å²) in [7, 11) is -1.11. The van der Waals surface area contributed by atoms with E-state index < -0.39 is 14.7 Å².